The van der Waals surface area contributed by atoms with E-state index in [1.165, 1.54) is 50.3 Å². The number of likely N-dealkylation sites (tertiary alicyclic amines) is 1. The van der Waals surface area contributed by atoms with Crippen LogP contribution in [0, 0.1) is 0 Å². The van der Waals surface area contributed by atoms with Crippen molar-refractivity contribution in [1.29, 1.82) is 0 Å². The van der Waals surface area contributed by atoms with Crippen LogP contribution in [-0.4, -0.2) is 44.4 Å². The molecule has 2 aliphatic rings. The van der Waals surface area contributed by atoms with E-state index in [4.69, 9.17) is 4.42 Å². The molecule has 1 saturated heterocycles. The van der Waals surface area contributed by atoms with Crippen molar-refractivity contribution in [3.8, 4) is 11.6 Å². The molecule has 2 aromatic rings. The van der Waals surface area contributed by atoms with E-state index in [0.29, 0.717) is 11.8 Å². The van der Waals surface area contributed by atoms with Crippen molar-refractivity contribution >= 4 is 17.7 Å². The predicted octanol–water partition coefficient (Wildman–Crippen LogP) is 4.93. The Labute approximate surface area is 171 Å². The molecule has 2 fully saturated rings. The quantitative estimate of drug-likeness (QED) is 0.664. The van der Waals surface area contributed by atoms with E-state index in [0.717, 1.165) is 55.5 Å². The predicted molar refractivity (Wildman–Crippen MR) is 110 cm³/mol. The van der Waals surface area contributed by atoms with Gasteiger partial charge in [-0.05, 0) is 37.8 Å². The summed E-state index contributed by atoms with van der Waals surface area (Å²) in [5, 5.41) is 9.71. The molecule has 1 aliphatic heterocycles. The molecule has 0 spiro atoms. The second-order valence-electron chi connectivity index (χ2n) is 7.88. The number of amides is 1. The summed E-state index contributed by atoms with van der Waals surface area (Å²) in [5.41, 5.74) is 0. The molecular formula is C21H30N4O2S. The van der Waals surface area contributed by atoms with Gasteiger partial charge in [0.2, 0.25) is 11.7 Å². The minimum Gasteiger partial charge on any atom is -0.461 e. The van der Waals surface area contributed by atoms with Gasteiger partial charge in [0, 0.05) is 19.1 Å². The Morgan fingerprint density at radius 2 is 1.75 bits per heavy atom. The van der Waals surface area contributed by atoms with Gasteiger partial charge in [-0.1, -0.05) is 50.3 Å². The molecule has 7 heteroatoms. The molecule has 4 rings (SSSR count). The third-order valence-corrected chi connectivity index (χ3v) is 6.81. The number of carbonyl (C=O) groups excluding carboxylic acids is 1. The van der Waals surface area contributed by atoms with E-state index in [1.807, 2.05) is 17.0 Å². The molecule has 1 aliphatic carbocycles. The van der Waals surface area contributed by atoms with Crippen LogP contribution in [0.15, 0.2) is 28.0 Å². The van der Waals surface area contributed by atoms with Crippen LogP contribution in [0.4, 0.5) is 0 Å². The van der Waals surface area contributed by atoms with Gasteiger partial charge >= 0.3 is 0 Å². The average Bonchev–Trinajstić information content (AvgIpc) is 3.36. The zero-order valence-electron chi connectivity index (χ0n) is 16.5. The summed E-state index contributed by atoms with van der Waals surface area (Å²) in [6.07, 6.45) is 13.7. The fraction of sp³-hybridized carbons (Fsp3) is 0.667. The first-order valence-corrected chi connectivity index (χ1v) is 11.7. The second-order valence-corrected chi connectivity index (χ2v) is 8.83. The normalized spacial score (nSPS) is 19.4. The van der Waals surface area contributed by atoms with Gasteiger partial charge in [-0.3, -0.25) is 9.36 Å². The molecule has 28 heavy (non-hydrogen) atoms. The number of carbonyl (C=O) groups is 1. The molecule has 152 valence electrons. The van der Waals surface area contributed by atoms with Gasteiger partial charge < -0.3 is 9.32 Å². The third kappa shape index (κ3) is 4.62. The number of hydrogen-bond donors (Lipinski definition) is 0. The maximum absolute atomic E-state index is 12.8. The van der Waals surface area contributed by atoms with Crippen LogP contribution in [0.1, 0.15) is 70.3 Å². The lowest BCUT2D eigenvalue weighted by atomic mass is 9.95. The number of furan rings is 1. The summed E-state index contributed by atoms with van der Waals surface area (Å²) in [6, 6.07) is 4.21. The van der Waals surface area contributed by atoms with Crippen LogP contribution in [0.25, 0.3) is 11.6 Å². The monoisotopic (exact) mass is 402 g/mol. The molecule has 0 bridgehead atoms. The topological polar surface area (TPSA) is 64.2 Å². The Hall–Kier alpha value is -1.76. The maximum atomic E-state index is 12.8. The molecule has 0 radical (unpaired) electrons. The molecule has 0 atom stereocenters. The van der Waals surface area contributed by atoms with Crippen molar-refractivity contribution in [2.45, 2.75) is 75.4 Å². The van der Waals surface area contributed by atoms with Gasteiger partial charge in [0.1, 0.15) is 0 Å². The molecule has 0 unspecified atom stereocenters. The average molecular weight is 403 g/mol. The molecule has 0 aromatic carbocycles. The molecule has 0 N–H and O–H groups in total. The smallest absolute Gasteiger partial charge is 0.233 e. The largest absolute Gasteiger partial charge is 0.461 e. The first kappa shape index (κ1) is 19.6. The number of hydrogen-bond acceptors (Lipinski definition) is 5. The zero-order chi connectivity index (χ0) is 19.2. The van der Waals surface area contributed by atoms with Crippen molar-refractivity contribution in [2.75, 3.05) is 18.8 Å². The van der Waals surface area contributed by atoms with Crippen LogP contribution in [0.3, 0.4) is 0 Å². The van der Waals surface area contributed by atoms with Gasteiger partial charge in [-0.15, -0.1) is 10.2 Å². The summed E-state index contributed by atoms with van der Waals surface area (Å²) in [6.45, 7) is 1.79. The van der Waals surface area contributed by atoms with Gasteiger partial charge in [-0.2, -0.15) is 0 Å². The number of aromatic nitrogens is 3. The Bertz CT molecular complexity index is 745. The third-order valence-electron chi connectivity index (χ3n) is 5.88. The Morgan fingerprint density at radius 3 is 2.46 bits per heavy atom. The lowest BCUT2D eigenvalue weighted by molar-refractivity contribution is -0.128. The highest BCUT2D eigenvalue weighted by molar-refractivity contribution is 7.99. The highest BCUT2D eigenvalue weighted by atomic mass is 32.2. The van der Waals surface area contributed by atoms with Crippen LogP contribution >= 0.6 is 11.8 Å². The lowest BCUT2D eigenvalue weighted by Gasteiger charge is -2.26. The Balaban J connectivity index is 1.48. The van der Waals surface area contributed by atoms with E-state index < -0.39 is 0 Å². The van der Waals surface area contributed by atoms with E-state index in [2.05, 4.69) is 14.8 Å². The first-order valence-electron chi connectivity index (χ1n) is 10.7. The molecular weight excluding hydrogens is 372 g/mol. The number of thioether (sulfide) groups is 1. The molecule has 1 saturated carbocycles. The van der Waals surface area contributed by atoms with Crippen LogP contribution in [0.5, 0.6) is 0 Å². The minimum atomic E-state index is 0.227. The van der Waals surface area contributed by atoms with Crippen molar-refractivity contribution in [3.63, 3.8) is 0 Å². The zero-order valence-corrected chi connectivity index (χ0v) is 17.3. The van der Waals surface area contributed by atoms with E-state index in [1.54, 1.807) is 6.26 Å². The first-order chi connectivity index (χ1) is 13.8. The fourth-order valence-electron chi connectivity index (χ4n) is 4.33. The fourth-order valence-corrected chi connectivity index (χ4v) is 5.24. The minimum absolute atomic E-state index is 0.227. The van der Waals surface area contributed by atoms with Crippen LogP contribution in [0.2, 0.25) is 0 Å². The molecule has 3 heterocycles. The highest BCUT2D eigenvalue weighted by Gasteiger charge is 2.26. The summed E-state index contributed by atoms with van der Waals surface area (Å²) >= 11 is 1.53. The molecule has 6 nitrogen and oxygen atoms in total. The van der Waals surface area contributed by atoms with Gasteiger partial charge in [0.15, 0.2) is 10.9 Å². The van der Waals surface area contributed by atoms with Crippen LogP contribution < -0.4 is 0 Å². The van der Waals surface area contributed by atoms with E-state index >= 15 is 0 Å². The maximum Gasteiger partial charge on any atom is 0.233 e. The summed E-state index contributed by atoms with van der Waals surface area (Å²) < 4.78 is 7.83. The number of rotatable bonds is 5. The highest BCUT2D eigenvalue weighted by Crippen LogP contribution is 2.35. The van der Waals surface area contributed by atoms with Gasteiger partial charge in [0.05, 0.1) is 12.0 Å². The number of nitrogens with zero attached hydrogens (tertiary/aromatic N) is 4. The Morgan fingerprint density at radius 1 is 1.04 bits per heavy atom. The van der Waals surface area contributed by atoms with Crippen molar-refractivity contribution in [1.82, 2.24) is 19.7 Å². The Kier molecular flexibility index (Phi) is 6.73. The van der Waals surface area contributed by atoms with Gasteiger partial charge in [-0.25, -0.2) is 0 Å². The van der Waals surface area contributed by atoms with Crippen molar-refractivity contribution in [3.05, 3.63) is 18.4 Å². The van der Waals surface area contributed by atoms with E-state index in [9.17, 15) is 4.79 Å². The second kappa shape index (κ2) is 9.63. The van der Waals surface area contributed by atoms with Crippen molar-refractivity contribution < 1.29 is 9.21 Å². The SMILES string of the molecule is O=C(CSc1nnc(-c2ccco2)n1C1CCCCC1)N1CCCCCCC1. The lowest BCUT2D eigenvalue weighted by Crippen LogP contribution is -2.35. The standard InChI is InChI=1S/C21H30N4O2S/c26-19(24-13-7-2-1-3-8-14-24)16-28-21-23-22-20(18-12-9-15-27-18)25(21)17-10-5-4-6-11-17/h9,12,15,17H,1-8,10-11,13-14,16H2. The van der Waals surface area contributed by atoms with Gasteiger partial charge in [0.25, 0.3) is 0 Å². The summed E-state index contributed by atoms with van der Waals surface area (Å²) in [4.78, 5) is 14.8. The summed E-state index contributed by atoms with van der Waals surface area (Å²) in [5.74, 6) is 2.20. The van der Waals surface area contributed by atoms with E-state index in [-0.39, 0.29) is 5.91 Å². The van der Waals surface area contributed by atoms with Crippen LogP contribution in [-0.2, 0) is 4.79 Å². The molecule has 1 amide bonds. The molecule has 2 aromatic heterocycles. The van der Waals surface area contributed by atoms with Crippen molar-refractivity contribution in [2.24, 2.45) is 0 Å². The summed E-state index contributed by atoms with van der Waals surface area (Å²) in [7, 11) is 0.